The summed E-state index contributed by atoms with van der Waals surface area (Å²) >= 11 is 0. The summed E-state index contributed by atoms with van der Waals surface area (Å²) in [6.45, 7) is 9.05. The van der Waals surface area contributed by atoms with Crippen molar-refractivity contribution in [3.05, 3.63) is 23.9 Å². The van der Waals surface area contributed by atoms with Crippen molar-refractivity contribution in [2.75, 3.05) is 19.6 Å². The quantitative estimate of drug-likeness (QED) is 0.903. The van der Waals surface area contributed by atoms with Gasteiger partial charge in [-0.25, -0.2) is 4.98 Å². The number of rotatable bonds is 3. The van der Waals surface area contributed by atoms with Crippen LogP contribution in [0.5, 0.6) is 0 Å². The second-order valence-electron chi connectivity index (χ2n) is 8.57. The van der Waals surface area contributed by atoms with Crippen LogP contribution in [0.15, 0.2) is 12.3 Å². The zero-order valence-electron chi connectivity index (χ0n) is 16.0. The molecule has 2 saturated heterocycles. The third-order valence-corrected chi connectivity index (χ3v) is 6.59. The van der Waals surface area contributed by atoms with Crippen LogP contribution in [0.25, 0.3) is 0 Å². The molecular weight excluding hydrogens is 326 g/mol. The highest BCUT2D eigenvalue weighted by atomic mass is 16.2. The van der Waals surface area contributed by atoms with Crippen LogP contribution in [0.4, 0.5) is 0 Å². The molecule has 1 spiro atoms. The number of hydrogen-bond donors (Lipinski definition) is 1. The van der Waals surface area contributed by atoms with E-state index in [1.807, 2.05) is 6.92 Å². The molecule has 6 nitrogen and oxygen atoms in total. The number of piperidine rings is 2. The number of carbonyl (C=O) groups excluding carboxylic acids is 1. The number of nitrogens with one attached hydrogen (secondary N) is 1. The minimum absolute atomic E-state index is 0.167. The molecule has 1 unspecified atom stereocenters. The minimum atomic E-state index is 0.167. The van der Waals surface area contributed by atoms with Crippen LogP contribution in [0.2, 0.25) is 0 Å². The topological polar surface area (TPSA) is 65.1 Å². The molecule has 0 aromatic carbocycles. The zero-order chi connectivity index (χ0) is 18.1. The molecule has 6 heteroatoms. The smallest absolute Gasteiger partial charge is 0.230 e. The highest BCUT2D eigenvalue weighted by Gasteiger charge is 2.43. The number of H-pyrrole nitrogens is 1. The zero-order valence-corrected chi connectivity index (χ0v) is 16.0. The lowest BCUT2D eigenvalue weighted by atomic mass is 9.72. The number of aromatic nitrogens is 3. The number of nitrogens with zero attached hydrogens (tertiary/aromatic N) is 4. The van der Waals surface area contributed by atoms with Gasteiger partial charge in [-0.3, -0.25) is 9.89 Å². The maximum absolute atomic E-state index is 12.8. The summed E-state index contributed by atoms with van der Waals surface area (Å²) in [6, 6.07) is 0.682. The summed E-state index contributed by atoms with van der Waals surface area (Å²) in [5, 5.41) is 6.95. The molecule has 1 saturated carbocycles. The number of aromatic amines is 1. The van der Waals surface area contributed by atoms with E-state index in [9.17, 15) is 4.79 Å². The fourth-order valence-electron chi connectivity index (χ4n) is 5.18. The van der Waals surface area contributed by atoms with E-state index in [1.54, 1.807) is 0 Å². The van der Waals surface area contributed by atoms with Crippen molar-refractivity contribution in [2.24, 2.45) is 5.41 Å². The fourth-order valence-corrected chi connectivity index (χ4v) is 5.18. The van der Waals surface area contributed by atoms with E-state index >= 15 is 0 Å². The van der Waals surface area contributed by atoms with Gasteiger partial charge in [0, 0.05) is 36.8 Å². The Bertz CT molecular complexity index is 677. The maximum Gasteiger partial charge on any atom is 0.230 e. The molecule has 2 aliphatic heterocycles. The van der Waals surface area contributed by atoms with Crippen molar-refractivity contribution < 1.29 is 4.79 Å². The standard InChI is InChI=1S/C20H31N5O/c1-15-8-10-20(14-25(15)17-6-3-4-7-17)9-5-11-24(13-20)19(26)12-18-21-16(2)22-23-18/h17H,1,3-14H2,2H3,(H,21,22,23). The molecule has 1 aromatic heterocycles. The van der Waals surface area contributed by atoms with E-state index in [1.165, 1.54) is 44.2 Å². The Kier molecular flexibility index (Phi) is 4.76. The summed E-state index contributed by atoms with van der Waals surface area (Å²) in [6.07, 6.45) is 10.2. The molecule has 3 heterocycles. The van der Waals surface area contributed by atoms with Gasteiger partial charge in [0.05, 0.1) is 6.42 Å². The van der Waals surface area contributed by atoms with E-state index < -0.39 is 0 Å². The summed E-state index contributed by atoms with van der Waals surface area (Å²) < 4.78 is 0. The summed E-state index contributed by atoms with van der Waals surface area (Å²) in [4.78, 5) is 21.8. The molecule has 26 heavy (non-hydrogen) atoms. The minimum Gasteiger partial charge on any atom is -0.372 e. The van der Waals surface area contributed by atoms with Crippen molar-refractivity contribution in [1.29, 1.82) is 0 Å². The van der Waals surface area contributed by atoms with Crippen LogP contribution in [-0.2, 0) is 11.2 Å². The van der Waals surface area contributed by atoms with Gasteiger partial charge in [0.25, 0.3) is 0 Å². The summed E-state index contributed by atoms with van der Waals surface area (Å²) in [5.41, 5.74) is 1.56. The van der Waals surface area contributed by atoms with Gasteiger partial charge in [-0.2, -0.15) is 5.10 Å². The fraction of sp³-hybridized carbons (Fsp3) is 0.750. The van der Waals surface area contributed by atoms with Gasteiger partial charge >= 0.3 is 0 Å². The van der Waals surface area contributed by atoms with Gasteiger partial charge in [0.2, 0.25) is 5.91 Å². The SMILES string of the molecule is C=C1CCC2(CCCN(C(=O)Cc3n[nH]c(C)n3)C2)CN1C1CCCC1. The molecule has 3 fully saturated rings. The van der Waals surface area contributed by atoms with Crippen molar-refractivity contribution >= 4 is 5.91 Å². The Morgan fingerprint density at radius 1 is 1.27 bits per heavy atom. The van der Waals surface area contributed by atoms with Gasteiger partial charge in [0.1, 0.15) is 5.82 Å². The molecule has 0 radical (unpaired) electrons. The number of amides is 1. The first-order valence-electron chi connectivity index (χ1n) is 10.1. The van der Waals surface area contributed by atoms with Crippen LogP contribution in [0.3, 0.4) is 0 Å². The average molecular weight is 358 g/mol. The van der Waals surface area contributed by atoms with Gasteiger partial charge in [0.15, 0.2) is 5.82 Å². The number of likely N-dealkylation sites (tertiary alicyclic amines) is 2. The van der Waals surface area contributed by atoms with Crippen LogP contribution in [0, 0.1) is 12.3 Å². The lowest BCUT2D eigenvalue weighted by Gasteiger charge is -2.51. The molecule has 1 amide bonds. The van der Waals surface area contributed by atoms with Crippen LogP contribution >= 0.6 is 0 Å². The number of aryl methyl sites for hydroxylation is 1. The second-order valence-corrected chi connectivity index (χ2v) is 8.57. The molecule has 1 atom stereocenters. The monoisotopic (exact) mass is 357 g/mol. The molecule has 142 valence electrons. The van der Waals surface area contributed by atoms with Crippen LogP contribution < -0.4 is 0 Å². The first kappa shape index (κ1) is 17.6. The van der Waals surface area contributed by atoms with Crippen molar-refractivity contribution in [3.8, 4) is 0 Å². The molecule has 3 aliphatic rings. The van der Waals surface area contributed by atoms with Crippen LogP contribution in [-0.4, -0.2) is 56.6 Å². The predicted molar refractivity (Wildman–Crippen MR) is 100 cm³/mol. The van der Waals surface area contributed by atoms with E-state index in [4.69, 9.17) is 0 Å². The Balaban J connectivity index is 1.43. The van der Waals surface area contributed by atoms with Gasteiger partial charge in [-0.05, 0) is 45.4 Å². The van der Waals surface area contributed by atoms with E-state index in [0.29, 0.717) is 18.3 Å². The first-order valence-corrected chi connectivity index (χ1v) is 10.1. The third-order valence-electron chi connectivity index (χ3n) is 6.59. The first-order chi connectivity index (χ1) is 12.5. The normalized spacial score (nSPS) is 27.5. The highest BCUT2D eigenvalue weighted by Crippen LogP contribution is 2.43. The lowest BCUT2D eigenvalue weighted by Crippen LogP contribution is -2.54. The molecule has 1 aliphatic carbocycles. The van der Waals surface area contributed by atoms with E-state index in [-0.39, 0.29) is 11.3 Å². The molecule has 1 aromatic rings. The Labute approximate surface area is 156 Å². The number of hydrogen-bond acceptors (Lipinski definition) is 4. The highest BCUT2D eigenvalue weighted by molar-refractivity contribution is 5.78. The number of carbonyl (C=O) groups is 1. The number of allylic oxidation sites excluding steroid dienone is 1. The Morgan fingerprint density at radius 2 is 2.08 bits per heavy atom. The van der Waals surface area contributed by atoms with Crippen molar-refractivity contribution in [3.63, 3.8) is 0 Å². The molecule has 4 rings (SSSR count). The predicted octanol–water partition coefficient (Wildman–Crippen LogP) is 2.82. The van der Waals surface area contributed by atoms with E-state index in [0.717, 1.165) is 38.3 Å². The van der Waals surface area contributed by atoms with Crippen LogP contribution in [0.1, 0.15) is 63.0 Å². The molecular formula is C20H31N5O. The maximum atomic E-state index is 12.8. The van der Waals surface area contributed by atoms with Crippen molar-refractivity contribution in [2.45, 2.75) is 70.8 Å². The Hall–Kier alpha value is -1.85. The van der Waals surface area contributed by atoms with Gasteiger partial charge in [-0.15, -0.1) is 0 Å². The van der Waals surface area contributed by atoms with Gasteiger partial charge < -0.3 is 9.80 Å². The largest absolute Gasteiger partial charge is 0.372 e. The molecule has 0 bridgehead atoms. The third kappa shape index (κ3) is 3.51. The summed E-state index contributed by atoms with van der Waals surface area (Å²) in [5.74, 6) is 1.54. The van der Waals surface area contributed by atoms with E-state index in [2.05, 4.69) is 31.6 Å². The summed E-state index contributed by atoms with van der Waals surface area (Å²) in [7, 11) is 0. The molecule has 1 N–H and O–H groups in total. The second kappa shape index (κ2) is 7.05. The van der Waals surface area contributed by atoms with Crippen molar-refractivity contribution in [1.82, 2.24) is 25.0 Å². The lowest BCUT2D eigenvalue weighted by molar-refractivity contribution is -0.135. The average Bonchev–Trinajstić information content (AvgIpc) is 3.29. The van der Waals surface area contributed by atoms with Gasteiger partial charge in [-0.1, -0.05) is 19.4 Å². The Morgan fingerprint density at radius 3 is 2.81 bits per heavy atom.